The number of ether oxygens (including phenoxy) is 2. The molecule has 126 valence electrons. The molecule has 6 heteroatoms. The molecule has 0 unspecified atom stereocenters. The smallest absolute Gasteiger partial charge is 0.274 e. The fourth-order valence-electron chi connectivity index (χ4n) is 4.12. The van der Waals surface area contributed by atoms with E-state index >= 15 is 0 Å². The van der Waals surface area contributed by atoms with E-state index < -0.39 is 0 Å². The van der Waals surface area contributed by atoms with Gasteiger partial charge in [0.15, 0.2) is 6.29 Å². The molecule has 1 atom stereocenters. The Hall–Kier alpha value is -1.40. The Morgan fingerprint density at radius 1 is 1.13 bits per heavy atom. The maximum atomic E-state index is 13.2. The summed E-state index contributed by atoms with van der Waals surface area (Å²) in [6.07, 6.45) is 6.13. The molecular formula is C17H25N3O3. The summed E-state index contributed by atoms with van der Waals surface area (Å²) < 4.78 is 13.6. The lowest BCUT2D eigenvalue weighted by molar-refractivity contribution is -0.100. The summed E-state index contributed by atoms with van der Waals surface area (Å²) in [4.78, 5) is 19.8. The van der Waals surface area contributed by atoms with Gasteiger partial charge in [-0.05, 0) is 45.4 Å². The molecule has 3 aliphatic rings. The minimum Gasteiger partial charge on any atom is -0.348 e. The van der Waals surface area contributed by atoms with Crippen LogP contribution in [0.4, 0.5) is 0 Å². The highest BCUT2D eigenvalue weighted by molar-refractivity contribution is 5.94. The first kappa shape index (κ1) is 15.1. The maximum Gasteiger partial charge on any atom is 0.274 e. The van der Waals surface area contributed by atoms with Gasteiger partial charge >= 0.3 is 0 Å². The van der Waals surface area contributed by atoms with E-state index in [2.05, 4.69) is 9.55 Å². The first-order valence-corrected chi connectivity index (χ1v) is 8.86. The summed E-state index contributed by atoms with van der Waals surface area (Å²) in [5.41, 5.74) is 1.78. The van der Waals surface area contributed by atoms with Gasteiger partial charge in [-0.3, -0.25) is 4.79 Å². The standard InChI is InChI=1S/C17H25N3O3/c1-12-18-15(13-6-2-4-8-19(12)13)16(21)20-9-5-3-7-14(20)17-22-10-11-23-17/h14,17H,2-11H2,1H3/t14-/m1/s1. The van der Waals surface area contributed by atoms with Gasteiger partial charge in [-0.25, -0.2) is 4.98 Å². The van der Waals surface area contributed by atoms with Crippen LogP contribution in [0.15, 0.2) is 0 Å². The van der Waals surface area contributed by atoms with E-state index in [1.54, 1.807) is 0 Å². The van der Waals surface area contributed by atoms with Crippen LogP contribution in [0.25, 0.3) is 0 Å². The number of hydrogen-bond acceptors (Lipinski definition) is 4. The highest BCUT2D eigenvalue weighted by Gasteiger charge is 2.38. The van der Waals surface area contributed by atoms with Crippen molar-refractivity contribution in [1.82, 2.24) is 14.5 Å². The number of nitrogens with zero attached hydrogens (tertiary/aromatic N) is 3. The molecule has 1 aromatic heterocycles. The number of carbonyl (C=O) groups is 1. The van der Waals surface area contributed by atoms with Crippen LogP contribution >= 0.6 is 0 Å². The number of carbonyl (C=O) groups excluding carboxylic acids is 1. The number of amides is 1. The SMILES string of the molecule is Cc1nc(C(=O)N2CCCC[C@@H]2C2OCCO2)c2n1CCCC2. The van der Waals surface area contributed by atoms with Crippen LogP contribution in [0.2, 0.25) is 0 Å². The highest BCUT2D eigenvalue weighted by atomic mass is 16.7. The van der Waals surface area contributed by atoms with E-state index in [0.717, 1.165) is 56.7 Å². The molecule has 2 saturated heterocycles. The molecule has 1 aromatic rings. The summed E-state index contributed by atoms with van der Waals surface area (Å²) in [5, 5.41) is 0. The Morgan fingerprint density at radius 2 is 1.91 bits per heavy atom. The minimum atomic E-state index is -0.265. The van der Waals surface area contributed by atoms with Gasteiger partial charge in [0.1, 0.15) is 11.5 Å². The number of hydrogen-bond donors (Lipinski definition) is 0. The average molecular weight is 319 g/mol. The number of piperidine rings is 1. The molecule has 2 fully saturated rings. The lowest BCUT2D eigenvalue weighted by Gasteiger charge is -2.37. The van der Waals surface area contributed by atoms with Crippen molar-refractivity contribution in [2.45, 2.75) is 64.3 Å². The van der Waals surface area contributed by atoms with Crippen LogP contribution in [0.5, 0.6) is 0 Å². The number of aryl methyl sites for hydroxylation is 1. The first-order chi connectivity index (χ1) is 11.3. The molecule has 3 aliphatic heterocycles. The van der Waals surface area contributed by atoms with E-state index in [0.29, 0.717) is 18.9 Å². The lowest BCUT2D eigenvalue weighted by Crippen LogP contribution is -2.50. The molecule has 0 spiro atoms. The first-order valence-electron chi connectivity index (χ1n) is 8.86. The average Bonchev–Trinajstić information content (AvgIpc) is 3.23. The number of rotatable bonds is 2. The van der Waals surface area contributed by atoms with Gasteiger partial charge in [0.2, 0.25) is 0 Å². The third-order valence-electron chi connectivity index (χ3n) is 5.28. The summed E-state index contributed by atoms with van der Waals surface area (Å²) in [6, 6.07) is 0.0278. The van der Waals surface area contributed by atoms with Gasteiger partial charge < -0.3 is 18.9 Å². The predicted molar refractivity (Wildman–Crippen MR) is 84.3 cm³/mol. The Bertz CT molecular complexity index is 592. The second-order valence-corrected chi connectivity index (χ2v) is 6.73. The normalized spacial score (nSPS) is 25.6. The third-order valence-corrected chi connectivity index (χ3v) is 5.28. The molecule has 0 aliphatic carbocycles. The van der Waals surface area contributed by atoms with Crippen LogP contribution in [0.3, 0.4) is 0 Å². The largest absolute Gasteiger partial charge is 0.348 e. The Kier molecular flexibility index (Phi) is 4.11. The van der Waals surface area contributed by atoms with E-state index in [1.165, 1.54) is 6.42 Å². The predicted octanol–water partition coefficient (Wildman–Crippen LogP) is 1.90. The van der Waals surface area contributed by atoms with E-state index in [-0.39, 0.29) is 18.2 Å². The fourth-order valence-corrected chi connectivity index (χ4v) is 4.12. The fraction of sp³-hybridized carbons (Fsp3) is 0.765. The molecule has 0 N–H and O–H groups in total. The third kappa shape index (κ3) is 2.68. The number of likely N-dealkylation sites (tertiary alicyclic amines) is 1. The zero-order valence-corrected chi connectivity index (χ0v) is 13.8. The summed E-state index contributed by atoms with van der Waals surface area (Å²) in [5.74, 6) is 1.03. The van der Waals surface area contributed by atoms with Gasteiger partial charge in [-0.2, -0.15) is 0 Å². The van der Waals surface area contributed by atoms with Crippen molar-refractivity contribution < 1.29 is 14.3 Å². The number of imidazole rings is 1. The Morgan fingerprint density at radius 3 is 2.74 bits per heavy atom. The molecule has 0 aromatic carbocycles. The summed E-state index contributed by atoms with van der Waals surface area (Å²) >= 11 is 0. The molecule has 4 rings (SSSR count). The van der Waals surface area contributed by atoms with E-state index in [1.807, 2.05) is 11.8 Å². The monoisotopic (exact) mass is 319 g/mol. The van der Waals surface area contributed by atoms with Crippen molar-refractivity contribution >= 4 is 5.91 Å². The second kappa shape index (κ2) is 6.24. The van der Waals surface area contributed by atoms with Gasteiger partial charge in [0.25, 0.3) is 5.91 Å². The minimum absolute atomic E-state index is 0.0278. The van der Waals surface area contributed by atoms with Gasteiger partial charge in [0, 0.05) is 13.1 Å². The maximum absolute atomic E-state index is 13.2. The van der Waals surface area contributed by atoms with Gasteiger partial charge in [0.05, 0.1) is 24.9 Å². The van der Waals surface area contributed by atoms with E-state index in [4.69, 9.17) is 9.47 Å². The van der Waals surface area contributed by atoms with Crippen LogP contribution in [-0.4, -0.2) is 52.4 Å². The molecule has 0 radical (unpaired) electrons. The molecule has 0 saturated carbocycles. The van der Waals surface area contributed by atoms with Crippen LogP contribution in [0, 0.1) is 6.92 Å². The zero-order valence-electron chi connectivity index (χ0n) is 13.8. The topological polar surface area (TPSA) is 56.6 Å². The number of aromatic nitrogens is 2. The van der Waals surface area contributed by atoms with Gasteiger partial charge in [-0.15, -0.1) is 0 Å². The van der Waals surface area contributed by atoms with Crippen molar-refractivity contribution in [1.29, 1.82) is 0 Å². The Balaban J connectivity index is 1.62. The molecule has 23 heavy (non-hydrogen) atoms. The number of fused-ring (bicyclic) bond motifs is 1. The van der Waals surface area contributed by atoms with Crippen molar-refractivity contribution in [3.05, 3.63) is 17.2 Å². The van der Waals surface area contributed by atoms with Crippen molar-refractivity contribution in [2.24, 2.45) is 0 Å². The summed E-state index contributed by atoms with van der Waals surface area (Å²) in [6.45, 7) is 5.02. The molecular weight excluding hydrogens is 294 g/mol. The summed E-state index contributed by atoms with van der Waals surface area (Å²) in [7, 11) is 0. The van der Waals surface area contributed by atoms with Gasteiger partial charge in [-0.1, -0.05) is 0 Å². The molecule has 0 bridgehead atoms. The molecule has 6 nitrogen and oxygen atoms in total. The van der Waals surface area contributed by atoms with Crippen molar-refractivity contribution in [2.75, 3.05) is 19.8 Å². The second-order valence-electron chi connectivity index (χ2n) is 6.73. The van der Waals surface area contributed by atoms with Crippen molar-refractivity contribution in [3.63, 3.8) is 0 Å². The lowest BCUT2D eigenvalue weighted by atomic mass is 10.00. The zero-order chi connectivity index (χ0) is 15.8. The molecule has 1 amide bonds. The Labute approximate surface area is 136 Å². The highest BCUT2D eigenvalue weighted by Crippen LogP contribution is 2.28. The van der Waals surface area contributed by atoms with Crippen molar-refractivity contribution in [3.8, 4) is 0 Å². The quantitative estimate of drug-likeness (QED) is 0.835. The van der Waals surface area contributed by atoms with Crippen LogP contribution in [-0.2, 0) is 22.4 Å². The van der Waals surface area contributed by atoms with Crippen LogP contribution in [0.1, 0.15) is 54.1 Å². The van der Waals surface area contributed by atoms with Crippen LogP contribution < -0.4 is 0 Å². The molecule has 4 heterocycles. The van der Waals surface area contributed by atoms with E-state index in [9.17, 15) is 4.79 Å².